The number of guanidine groups is 1. The molecule has 0 bridgehead atoms. The van der Waals surface area contributed by atoms with Crippen molar-refractivity contribution in [3.8, 4) is 11.5 Å². The van der Waals surface area contributed by atoms with Crippen molar-refractivity contribution in [2.75, 3.05) is 26.3 Å². The number of nitrogens with zero attached hydrogens (tertiary/aromatic N) is 1. The second-order valence-electron chi connectivity index (χ2n) is 7.40. The number of carbonyl (C=O) groups is 1. The summed E-state index contributed by atoms with van der Waals surface area (Å²) in [5.41, 5.74) is 3.27. The van der Waals surface area contributed by atoms with Gasteiger partial charge in [0.05, 0.1) is 13.2 Å². The van der Waals surface area contributed by atoms with E-state index in [1.54, 1.807) is 0 Å². The lowest BCUT2D eigenvalue weighted by molar-refractivity contribution is -0.122. The van der Waals surface area contributed by atoms with Crippen LogP contribution in [-0.2, 0) is 17.9 Å². The number of likely N-dealkylation sites (N-methyl/N-ethyl adjacent to an activating group) is 1. The number of ether oxygens (including phenoxy) is 2. The summed E-state index contributed by atoms with van der Waals surface area (Å²) in [6.45, 7) is 11.2. The molecule has 182 valence electrons. The van der Waals surface area contributed by atoms with Crippen molar-refractivity contribution in [3.63, 3.8) is 0 Å². The van der Waals surface area contributed by atoms with E-state index in [1.165, 1.54) is 5.56 Å². The lowest BCUT2D eigenvalue weighted by atomic mass is 10.1. The Hall–Kier alpha value is -2.49. The van der Waals surface area contributed by atoms with E-state index >= 15 is 0 Å². The molecule has 0 atom stereocenters. The Labute approximate surface area is 214 Å². The molecule has 3 N–H and O–H groups in total. The number of aryl methyl sites for hydroxylation is 1. The lowest BCUT2D eigenvalue weighted by Gasteiger charge is -2.15. The lowest BCUT2D eigenvalue weighted by Crippen LogP contribution is -2.36. The van der Waals surface area contributed by atoms with Crippen molar-refractivity contribution in [1.82, 2.24) is 16.0 Å². The smallest absolute Gasteiger partial charge is 0.257 e. The van der Waals surface area contributed by atoms with E-state index < -0.39 is 0 Å². The van der Waals surface area contributed by atoms with Gasteiger partial charge in [-0.2, -0.15) is 0 Å². The molecule has 0 heterocycles. The number of nitrogens with one attached hydrogen (secondary N) is 3. The summed E-state index contributed by atoms with van der Waals surface area (Å²) in [5, 5.41) is 9.39. The summed E-state index contributed by atoms with van der Waals surface area (Å²) in [5.74, 6) is 2.16. The number of amides is 1. The Kier molecular flexibility index (Phi) is 14.0. The van der Waals surface area contributed by atoms with Crippen LogP contribution in [0.4, 0.5) is 0 Å². The second-order valence-corrected chi connectivity index (χ2v) is 7.40. The van der Waals surface area contributed by atoms with Crippen LogP contribution in [0.15, 0.2) is 47.5 Å². The maximum Gasteiger partial charge on any atom is 0.257 e. The minimum atomic E-state index is -0.132. The largest absolute Gasteiger partial charge is 0.493 e. The molecule has 0 radical (unpaired) electrons. The highest BCUT2D eigenvalue weighted by atomic mass is 127. The predicted octanol–water partition coefficient (Wildman–Crippen LogP) is 4.17. The van der Waals surface area contributed by atoms with E-state index in [-0.39, 0.29) is 36.5 Å². The van der Waals surface area contributed by atoms with Crippen molar-refractivity contribution in [2.45, 2.75) is 47.2 Å². The van der Waals surface area contributed by atoms with Crippen molar-refractivity contribution in [2.24, 2.45) is 4.99 Å². The van der Waals surface area contributed by atoms with Crippen LogP contribution >= 0.6 is 24.0 Å². The normalized spacial score (nSPS) is 10.7. The Morgan fingerprint density at radius 3 is 2.48 bits per heavy atom. The van der Waals surface area contributed by atoms with Gasteiger partial charge in [-0.25, -0.2) is 4.99 Å². The average molecular weight is 569 g/mol. The van der Waals surface area contributed by atoms with Gasteiger partial charge in [-0.1, -0.05) is 31.2 Å². The summed E-state index contributed by atoms with van der Waals surface area (Å²) in [7, 11) is 0. The van der Waals surface area contributed by atoms with E-state index in [0.29, 0.717) is 32.0 Å². The first-order valence-electron chi connectivity index (χ1n) is 11.3. The average Bonchev–Trinajstić information content (AvgIpc) is 2.79. The Balaban J connectivity index is 0.00000544. The van der Waals surface area contributed by atoms with Crippen LogP contribution in [0.25, 0.3) is 0 Å². The molecule has 0 aliphatic rings. The minimum Gasteiger partial charge on any atom is -0.493 e. The molecule has 1 amide bonds. The number of rotatable bonds is 12. The van der Waals surface area contributed by atoms with Crippen LogP contribution in [0.5, 0.6) is 11.5 Å². The fourth-order valence-electron chi connectivity index (χ4n) is 2.98. The molecule has 2 rings (SSSR count). The van der Waals surface area contributed by atoms with E-state index in [4.69, 9.17) is 14.5 Å². The summed E-state index contributed by atoms with van der Waals surface area (Å²) < 4.78 is 11.5. The third-order valence-corrected chi connectivity index (χ3v) is 4.54. The fourth-order valence-corrected chi connectivity index (χ4v) is 2.98. The highest BCUT2D eigenvalue weighted by molar-refractivity contribution is 14.0. The van der Waals surface area contributed by atoms with Crippen LogP contribution in [0, 0.1) is 6.92 Å². The van der Waals surface area contributed by atoms with Gasteiger partial charge in [0.1, 0.15) is 11.5 Å². The molecule has 8 heteroatoms. The van der Waals surface area contributed by atoms with Gasteiger partial charge in [-0.15, -0.1) is 24.0 Å². The molecular weight excluding hydrogens is 531 g/mol. The number of halogens is 1. The molecule has 0 saturated heterocycles. The van der Waals surface area contributed by atoms with Gasteiger partial charge < -0.3 is 25.4 Å². The standard InChI is InChI=1S/C25H36N4O3.HI/c1-5-13-31-23-14-19(4)11-12-21(23)17-29-25(27-7-3)28-16-20-9-8-10-22(15-20)32-18-24(30)26-6-2;/h8-12,14-15H,5-7,13,16-18H2,1-4H3,(H,26,30)(H2,27,28,29);1H. The number of carbonyl (C=O) groups excluding carboxylic acids is 1. The maximum absolute atomic E-state index is 11.6. The van der Waals surface area contributed by atoms with Crippen molar-refractivity contribution in [3.05, 3.63) is 59.2 Å². The highest BCUT2D eigenvalue weighted by Gasteiger charge is 2.07. The van der Waals surface area contributed by atoms with Crippen LogP contribution in [-0.4, -0.2) is 38.2 Å². The second kappa shape index (κ2) is 16.2. The summed E-state index contributed by atoms with van der Waals surface area (Å²) in [6.07, 6.45) is 0.969. The first kappa shape index (κ1) is 28.5. The van der Waals surface area contributed by atoms with Crippen LogP contribution in [0.1, 0.15) is 43.9 Å². The van der Waals surface area contributed by atoms with Gasteiger partial charge in [0.2, 0.25) is 0 Å². The van der Waals surface area contributed by atoms with Gasteiger partial charge >= 0.3 is 0 Å². The third kappa shape index (κ3) is 10.8. The molecule has 0 aliphatic heterocycles. The van der Waals surface area contributed by atoms with E-state index in [0.717, 1.165) is 35.8 Å². The molecular formula is C25H37IN4O3. The van der Waals surface area contributed by atoms with Gasteiger partial charge in [-0.3, -0.25) is 4.79 Å². The van der Waals surface area contributed by atoms with E-state index in [2.05, 4.69) is 48.0 Å². The van der Waals surface area contributed by atoms with Crippen LogP contribution in [0.2, 0.25) is 0 Å². The molecule has 0 aliphatic carbocycles. The molecule has 0 unspecified atom stereocenters. The molecule has 2 aromatic rings. The van der Waals surface area contributed by atoms with Crippen LogP contribution < -0.4 is 25.4 Å². The number of hydrogen-bond acceptors (Lipinski definition) is 4. The Bertz CT molecular complexity index is 890. The molecule has 0 spiro atoms. The first-order valence-corrected chi connectivity index (χ1v) is 11.3. The number of benzene rings is 2. The number of hydrogen-bond donors (Lipinski definition) is 3. The zero-order chi connectivity index (χ0) is 23.2. The molecule has 33 heavy (non-hydrogen) atoms. The Morgan fingerprint density at radius 1 is 0.970 bits per heavy atom. The Morgan fingerprint density at radius 2 is 1.76 bits per heavy atom. The maximum atomic E-state index is 11.6. The molecule has 0 aromatic heterocycles. The SMILES string of the molecule is CCCOc1cc(C)ccc1CNC(=NCc1cccc(OCC(=O)NCC)c1)NCC.I. The van der Waals surface area contributed by atoms with Crippen LogP contribution in [0.3, 0.4) is 0 Å². The highest BCUT2D eigenvalue weighted by Crippen LogP contribution is 2.20. The quantitative estimate of drug-likeness (QED) is 0.204. The molecule has 2 aromatic carbocycles. The van der Waals surface area contributed by atoms with Gasteiger partial charge in [0.15, 0.2) is 12.6 Å². The van der Waals surface area contributed by atoms with E-state index in [1.807, 2.05) is 38.1 Å². The topological polar surface area (TPSA) is 84.0 Å². The molecule has 0 saturated carbocycles. The van der Waals surface area contributed by atoms with Gasteiger partial charge in [0.25, 0.3) is 5.91 Å². The summed E-state index contributed by atoms with van der Waals surface area (Å²) >= 11 is 0. The molecule has 7 nitrogen and oxygen atoms in total. The third-order valence-electron chi connectivity index (χ3n) is 4.54. The van der Waals surface area contributed by atoms with Crippen molar-refractivity contribution >= 4 is 35.8 Å². The van der Waals surface area contributed by atoms with Crippen molar-refractivity contribution in [1.29, 1.82) is 0 Å². The monoisotopic (exact) mass is 568 g/mol. The zero-order valence-electron chi connectivity index (χ0n) is 20.1. The van der Waals surface area contributed by atoms with Gasteiger partial charge in [-0.05, 0) is 56.5 Å². The number of aliphatic imine (C=N–C) groups is 1. The van der Waals surface area contributed by atoms with E-state index in [9.17, 15) is 4.79 Å². The van der Waals surface area contributed by atoms with Gasteiger partial charge in [0, 0.05) is 25.2 Å². The predicted molar refractivity (Wildman–Crippen MR) is 145 cm³/mol. The fraction of sp³-hybridized carbons (Fsp3) is 0.440. The summed E-state index contributed by atoms with van der Waals surface area (Å²) in [4.78, 5) is 16.3. The molecule has 0 fully saturated rings. The minimum absolute atomic E-state index is 0. The van der Waals surface area contributed by atoms with Crippen molar-refractivity contribution < 1.29 is 14.3 Å². The first-order chi connectivity index (χ1) is 15.5. The summed E-state index contributed by atoms with van der Waals surface area (Å²) in [6, 6.07) is 13.9. The zero-order valence-corrected chi connectivity index (χ0v) is 22.4.